The Labute approximate surface area is 206 Å². The maximum atomic E-state index is 13.7. The summed E-state index contributed by atoms with van der Waals surface area (Å²) in [6, 6.07) is 5.43. The summed E-state index contributed by atoms with van der Waals surface area (Å²) in [7, 11) is 0. The lowest BCUT2D eigenvalue weighted by molar-refractivity contribution is -0.141. The molecule has 0 bridgehead atoms. The van der Waals surface area contributed by atoms with Crippen LogP contribution in [0.2, 0.25) is 5.02 Å². The molecule has 3 aliphatic rings. The molecule has 1 fully saturated rings. The zero-order chi connectivity index (χ0) is 24.3. The second kappa shape index (κ2) is 8.34. The molecule has 3 aromatic rings. The van der Waals surface area contributed by atoms with Gasteiger partial charge < -0.3 is 9.09 Å². The van der Waals surface area contributed by atoms with Crippen LogP contribution in [-0.2, 0) is 9.59 Å². The van der Waals surface area contributed by atoms with Gasteiger partial charge in [0, 0.05) is 29.6 Å². The fraction of sp³-hybridized carbons (Fsp3) is 0.333. The van der Waals surface area contributed by atoms with Crippen LogP contribution in [0.3, 0.4) is 0 Å². The van der Waals surface area contributed by atoms with Crippen molar-refractivity contribution in [2.24, 2.45) is 5.92 Å². The second-order valence-electron chi connectivity index (χ2n) is 9.59. The van der Waals surface area contributed by atoms with Gasteiger partial charge in [0.25, 0.3) is 17.4 Å². The predicted octanol–water partition coefficient (Wildman–Crippen LogP) is 5.02. The molecule has 0 radical (unpaired) electrons. The highest BCUT2D eigenvalue weighted by Crippen LogP contribution is 2.38. The first kappa shape index (κ1) is 22.0. The van der Waals surface area contributed by atoms with Crippen LogP contribution in [0.4, 0.5) is 0 Å². The Hall–Kier alpha value is -3.45. The van der Waals surface area contributed by atoms with E-state index >= 15 is 0 Å². The lowest BCUT2D eigenvalue weighted by atomic mass is 9.84. The van der Waals surface area contributed by atoms with Crippen LogP contribution < -0.4 is 5.56 Å². The lowest BCUT2D eigenvalue weighted by Gasteiger charge is -2.35. The molecule has 6 rings (SSSR count). The van der Waals surface area contributed by atoms with Crippen LogP contribution in [0.5, 0.6) is 0 Å². The number of carbonyl (C=O) groups excluding carboxylic acids is 2. The number of fused-ring (bicyclic) bond motifs is 4. The number of carbonyl (C=O) groups is 2. The molecule has 7 nitrogen and oxygen atoms in total. The fourth-order valence-electron chi connectivity index (χ4n) is 5.82. The topological polar surface area (TPSA) is 85.4 Å². The summed E-state index contributed by atoms with van der Waals surface area (Å²) < 4.78 is 7.20. The summed E-state index contributed by atoms with van der Waals surface area (Å²) in [6.45, 7) is 2.08. The average Bonchev–Trinajstić information content (AvgIpc) is 3.24. The minimum absolute atomic E-state index is 0.0844. The average molecular weight is 490 g/mol. The number of allylic oxidation sites excluding steroid dienone is 3. The van der Waals surface area contributed by atoms with Crippen molar-refractivity contribution in [2.75, 3.05) is 6.54 Å². The van der Waals surface area contributed by atoms with Crippen LogP contribution in [0.25, 0.3) is 21.8 Å². The molecule has 2 aliphatic carbocycles. The molecule has 35 heavy (non-hydrogen) atoms. The Balaban J connectivity index is 1.36. The van der Waals surface area contributed by atoms with E-state index in [1.54, 1.807) is 25.1 Å². The minimum atomic E-state index is -0.254. The maximum absolute atomic E-state index is 13.7. The van der Waals surface area contributed by atoms with Gasteiger partial charge in [-0.25, -0.2) is 0 Å². The number of benzene rings is 1. The summed E-state index contributed by atoms with van der Waals surface area (Å²) in [5, 5.41) is 5.80. The van der Waals surface area contributed by atoms with Crippen molar-refractivity contribution in [3.05, 3.63) is 74.8 Å². The molecule has 1 saturated carbocycles. The molecule has 2 atom stereocenters. The minimum Gasteiger partial charge on any atom is -0.360 e. The summed E-state index contributed by atoms with van der Waals surface area (Å²) in [4.78, 5) is 40.9. The number of aromatic nitrogens is 2. The Morgan fingerprint density at radius 3 is 2.89 bits per heavy atom. The molecule has 1 aromatic carbocycles. The number of pyridine rings is 1. The molecule has 8 heteroatoms. The molecule has 2 aromatic heterocycles. The van der Waals surface area contributed by atoms with Gasteiger partial charge in [-0.05, 0) is 62.3 Å². The fourth-order valence-corrected chi connectivity index (χ4v) is 6.08. The second-order valence-corrected chi connectivity index (χ2v) is 10.0. The molecule has 0 spiro atoms. The van der Waals surface area contributed by atoms with Gasteiger partial charge in [-0.15, -0.1) is 0 Å². The summed E-state index contributed by atoms with van der Waals surface area (Å²) in [5.41, 5.74) is 2.46. The van der Waals surface area contributed by atoms with E-state index < -0.39 is 0 Å². The van der Waals surface area contributed by atoms with Crippen molar-refractivity contribution in [3.8, 4) is 0 Å². The van der Waals surface area contributed by atoms with E-state index in [1.165, 1.54) is 4.90 Å². The highest BCUT2D eigenvalue weighted by atomic mass is 35.5. The summed E-state index contributed by atoms with van der Waals surface area (Å²) in [6.07, 6.45) is 11.1. The normalized spacial score (nSPS) is 22.5. The first-order valence-corrected chi connectivity index (χ1v) is 12.3. The smallest absolute Gasteiger partial charge is 0.264 e. The molecule has 1 aliphatic heterocycles. The molecule has 1 unspecified atom stereocenters. The number of aryl methyl sites for hydroxylation is 1. The number of imide groups is 1. The molecule has 3 heterocycles. The third kappa shape index (κ3) is 3.48. The van der Waals surface area contributed by atoms with Gasteiger partial charge in [0.1, 0.15) is 16.7 Å². The van der Waals surface area contributed by atoms with E-state index in [9.17, 15) is 14.4 Å². The largest absolute Gasteiger partial charge is 0.360 e. The van der Waals surface area contributed by atoms with Crippen LogP contribution >= 0.6 is 11.6 Å². The van der Waals surface area contributed by atoms with Crippen molar-refractivity contribution in [3.63, 3.8) is 0 Å². The molecular weight excluding hydrogens is 466 g/mol. The highest BCUT2D eigenvalue weighted by Gasteiger charge is 2.35. The van der Waals surface area contributed by atoms with Crippen molar-refractivity contribution in [1.82, 2.24) is 14.6 Å². The van der Waals surface area contributed by atoms with Gasteiger partial charge in [-0.3, -0.25) is 19.3 Å². The van der Waals surface area contributed by atoms with E-state index in [-0.39, 0.29) is 29.3 Å². The number of hydrogen-bond donors (Lipinski definition) is 0. The Bertz CT molecular complexity index is 1560. The Kier molecular flexibility index (Phi) is 5.25. The Morgan fingerprint density at radius 2 is 2.03 bits per heavy atom. The first-order valence-electron chi connectivity index (χ1n) is 12.0. The van der Waals surface area contributed by atoms with Gasteiger partial charge in [-0.2, -0.15) is 0 Å². The van der Waals surface area contributed by atoms with Gasteiger partial charge in [0.15, 0.2) is 0 Å². The molecule has 2 amide bonds. The van der Waals surface area contributed by atoms with Crippen molar-refractivity contribution < 1.29 is 14.1 Å². The van der Waals surface area contributed by atoms with Crippen LogP contribution in [-0.4, -0.2) is 33.0 Å². The van der Waals surface area contributed by atoms with Crippen LogP contribution in [0, 0.1) is 12.8 Å². The van der Waals surface area contributed by atoms with E-state index in [0.717, 1.165) is 30.4 Å². The van der Waals surface area contributed by atoms with Crippen LogP contribution in [0.1, 0.15) is 43.9 Å². The van der Waals surface area contributed by atoms with E-state index in [2.05, 4.69) is 5.16 Å². The van der Waals surface area contributed by atoms with Crippen LogP contribution in [0.15, 0.2) is 63.0 Å². The zero-order valence-electron chi connectivity index (χ0n) is 19.3. The van der Waals surface area contributed by atoms with Gasteiger partial charge in [0.05, 0.1) is 10.5 Å². The molecule has 0 saturated heterocycles. The third-order valence-corrected chi connectivity index (χ3v) is 7.78. The maximum Gasteiger partial charge on any atom is 0.264 e. The number of nitrogens with zero attached hydrogens (tertiary/aromatic N) is 3. The standard InChI is InChI=1S/C27H24ClN3O4/c1-15-23-25(29-35-15)24-20(28)10-5-11-21(24)31(27(23)34)18-8-4-6-16(12-18)14-30-22(32)13-17-7-2-3-9-19(17)26(30)33/h2-3,5,9-11,13,16,18H,4,6-8,12,14H2,1H3/t16?,18-/m0/s1. The number of amides is 2. The van der Waals surface area contributed by atoms with Gasteiger partial charge >= 0.3 is 0 Å². The molecular formula is C27H24ClN3O4. The SMILES string of the molecule is Cc1onc2c1c(=O)n([C@H]1CCCC(CN3C(=O)C=C4CC=CC=C4C3=O)C1)c1cccc(Cl)c21. The molecule has 178 valence electrons. The lowest BCUT2D eigenvalue weighted by Crippen LogP contribution is -2.44. The summed E-state index contributed by atoms with van der Waals surface area (Å²) >= 11 is 6.56. The quantitative estimate of drug-likeness (QED) is 0.482. The first-order chi connectivity index (χ1) is 16.9. The van der Waals surface area contributed by atoms with E-state index in [1.807, 2.05) is 28.9 Å². The predicted molar refractivity (Wildman–Crippen MR) is 133 cm³/mol. The monoisotopic (exact) mass is 489 g/mol. The van der Waals surface area contributed by atoms with E-state index in [0.29, 0.717) is 52.0 Å². The number of hydrogen-bond acceptors (Lipinski definition) is 5. The number of rotatable bonds is 3. The summed E-state index contributed by atoms with van der Waals surface area (Å²) in [5.74, 6) is 0.0805. The van der Waals surface area contributed by atoms with Crippen molar-refractivity contribution >= 4 is 45.2 Å². The van der Waals surface area contributed by atoms with Gasteiger partial charge in [-0.1, -0.05) is 41.4 Å². The number of halogens is 1. The Morgan fingerprint density at radius 1 is 1.17 bits per heavy atom. The van der Waals surface area contributed by atoms with E-state index in [4.69, 9.17) is 16.1 Å². The zero-order valence-corrected chi connectivity index (χ0v) is 20.0. The van der Waals surface area contributed by atoms with Gasteiger partial charge in [0.2, 0.25) is 0 Å². The van der Waals surface area contributed by atoms with Crippen molar-refractivity contribution in [1.29, 1.82) is 0 Å². The van der Waals surface area contributed by atoms with Crippen molar-refractivity contribution in [2.45, 2.75) is 45.1 Å². The molecule has 0 N–H and O–H groups in total. The highest BCUT2D eigenvalue weighted by molar-refractivity contribution is 6.37. The third-order valence-electron chi connectivity index (χ3n) is 7.47.